The normalized spacial score (nSPS) is 10.6. The van der Waals surface area contributed by atoms with E-state index >= 15 is 0 Å². The monoisotopic (exact) mass is 267 g/mol. The summed E-state index contributed by atoms with van der Waals surface area (Å²) in [4.78, 5) is 4.52. The zero-order chi connectivity index (χ0) is 14.4. The third-order valence-electron chi connectivity index (χ3n) is 3.62. The van der Waals surface area contributed by atoms with Crippen LogP contribution in [-0.2, 0) is 12.8 Å². The molecule has 0 aliphatic carbocycles. The molecular weight excluding hydrogens is 246 g/mol. The number of nitrogens with zero attached hydrogens (tertiary/aromatic N) is 2. The minimum atomic E-state index is 0.536. The van der Waals surface area contributed by atoms with Gasteiger partial charge in [-0.3, -0.25) is 0 Å². The van der Waals surface area contributed by atoms with Crippen molar-refractivity contribution in [3.63, 3.8) is 0 Å². The van der Waals surface area contributed by atoms with Crippen LogP contribution >= 0.6 is 0 Å². The minimum Gasteiger partial charge on any atom is -0.383 e. The van der Waals surface area contributed by atoms with Gasteiger partial charge in [-0.25, -0.2) is 4.98 Å². The van der Waals surface area contributed by atoms with Crippen molar-refractivity contribution < 1.29 is 0 Å². The fourth-order valence-corrected chi connectivity index (χ4v) is 2.49. The number of benzene rings is 1. The Morgan fingerprint density at radius 2 is 2.05 bits per heavy atom. The number of fused-ring (bicyclic) bond motifs is 1. The standard InChI is InChI=1S/C17H21N3/c1-2-3-4-7-14-12-15-13(9-6-11-18)8-5-10-16(15)20-17(14)19/h5,8,10,12H,2-4,6-7,9H2,1H3,(H2,19,20). The number of rotatable bonds is 6. The molecule has 0 atom stereocenters. The maximum Gasteiger partial charge on any atom is 0.127 e. The highest BCUT2D eigenvalue weighted by Gasteiger charge is 2.07. The average molecular weight is 267 g/mol. The van der Waals surface area contributed by atoms with Crippen LogP contribution in [0.3, 0.4) is 0 Å². The number of nitriles is 1. The molecule has 0 saturated carbocycles. The van der Waals surface area contributed by atoms with E-state index < -0.39 is 0 Å². The van der Waals surface area contributed by atoms with Crippen LogP contribution < -0.4 is 5.73 Å². The molecule has 2 rings (SSSR count). The highest BCUT2D eigenvalue weighted by atomic mass is 14.8. The van der Waals surface area contributed by atoms with Crippen LogP contribution in [0.1, 0.15) is 43.7 Å². The van der Waals surface area contributed by atoms with Gasteiger partial charge in [0.2, 0.25) is 0 Å². The Balaban J connectivity index is 2.35. The molecule has 0 aliphatic heterocycles. The van der Waals surface area contributed by atoms with E-state index in [1.165, 1.54) is 18.4 Å². The van der Waals surface area contributed by atoms with Gasteiger partial charge in [0.1, 0.15) is 5.82 Å². The lowest BCUT2D eigenvalue weighted by atomic mass is 10.00. The van der Waals surface area contributed by atoms with Crippen LogP contribution in [-0.4, -0.2) is 4.98 Å². The molecule has 1 heterocycles. The molecule has 2 aromatic rings. The second-order valence-electron chi connectivity index (χ2n) is 5.13. The largest absolute Gasteiger partial charge is 0.383 e. The lowest BCUT2D eigenvalue weighted by Gasteiger charge is -2.10. The summed E-state index contributed by atoms with van der Waals surface area (Å²) in [5.41, 5.74) is 9.31. The van der Waals surface area contributed by atoms with Crippen LogP contribution in [0.2, 0.25) is 0 Å². The summed E-state index contributed by atoms with van der Waals surface area (Å²) in [5.74, 6) is 0.644. The van der Waals surface area contributed by atoms with E-state index in [1.807, 2.05) is 12.1 Å². The first kappa shape index (κ1) is 14.3. The van der Waals surface area contributed by atoms with Gasteiger partial charge in [0.15, 0.2) is 0 Å². The number of nitrogens with two attached hydrogens (primary N) is 1. The van der Waals surface area contributed by atoms with Gasteiger partial charge >= 0.3 is 0 Å². The summed E-state index contributed by atoms with van der Waals surface area (Å²) in [7, 11) is 0. The molecule has 20 heavy (non-hydrogen) atoms. The predicted molar refractivity (Wildman–Crippen MR) is 83.3 cm³/mol. The van der Waals surface area contributed by atoms with Crippen molar-refractivity contribution in [1.82, 2.24) is 4.98 Å². The summed E-state index contributed by atoms with van der Waals surface area (Å²) in [6, 6.07) is 10.4. The molecule has 1 aromatic carbocycles. The third-order valence-corrected chi connectivity index (χ3v) is 3.62. The number of aryl methyl sites for hydroxylation is 2. The molecule has 0 unspecified atom stereocenters. The fourth-order valence-electron chi connectivity index (χ4n) is 2.49. The quantitative estimate of drug-likeness (QED) is 0.804. The first-order valence-corrected chi connectivity index (χ1v) is 7.30. The molecular formula is C17H21N3. The fraction of sp³-hybridized carbons (Fsp3) is 0.412. The van der Waals surface area contributed by atoms with Crippen molar-refractivity contribution in [2.24, 2.45) is 0 Å². The molecule has 0 spiro atoms. The van der Waals surface area contributed by atoms with Gasteiger partial charge in [0, 0.05) is 11.8 Å². The number of unbranched alkanes of at least 4 members (excludes halogenated alkanes) is 2. The van der Waals surface area contributed by atoms with Crippen LogP contribution in [0, 0.1) is 11.3 Å². The van der Waals surface area contributed by atoms with Crippen molar-refractivity contribution in [3.8, 4) is 6.07 Å². The van der Waals surface area contributed by atoms with Gasteiger partial charge in [-0.05, 0) is 42.5 Å². The Hall–Kier alpha value is -2.08. The summed E-state index contributed by atoms with van der Waals surface area (Å²) in [5, 5.41) is 9.90. The van der Waals surface area contributed by atoms with Crippen LogP contribution in [0.15, 0.2) is 24.3 Å². The van der Waals surface area contributed by atoms with Gasteiger partial charge in [-0.15, -0.1) is 0 Å². The summed E-state index contributed by atoms with van der Waals surface area (Å²) in [6.45, 7) is 2.20. The van der Waals surface area contributed by atoms with Gasteiger partial charge in [0.05, 0.1) is 11.6 Å². The number of nitrogen functional groups attached to an aromatic ring is 1. The third kappa shape index (κ3) is 3.27. The zero-order valence-electron chi connectivity index (χ0n) is 12.0. The van der Waals surface area contributed by atoms with Crippen LogP contribution in [0.5, 0.6) is 0 Å². The van der Waals surface area contributed by atoms with Gasteiger partial charge in [-0.1, -0.05) is 31.9 Å². The molecule has 0 aliphatic rings. The Morgan fingerprint density at radius 3 is 2.80 bits per heavy atom. The second-order valence-corrected chi connectivity index (χ2v) is 5.13. The van der Waals surface area contributed by atoms with E-state index in [4.69, 9.17) is 11.0 Å². The van der Waals surface area contributed by atoms with Crippen molar-refractivity contribution >= 4 is 16.7 Å². The number of hydrogen-bond acceptors (Lipinski definition) is 3. The Bertz CT molecular complexity index is 626. The summed E-state index contributed by atoms with van der Waals surface area (Å²) in [6.07, 6.45) is 5.85. The van der Waals surface area contributed by atoms with Crippen molar-refractivity contribution in [2.75, 3.05) is 5.73 Å². The molecule has 1 aromatic heterocycles. The van der Waals surface area contributed by atoms with E-state index in [0.717, 1.165) is 35.7 Å². The first-order valence-electron chi connectivity index (χ1n) is 7.30. The number of pyridine rings is 1. The molecule has 3 nitrogen and oxygen atoms in total. The Labute approximate surface area is 120 Å². The van der Waals surface area contributed by atoms with Gasteiger partial charge < -0.3 is 5.73 Å². The molecule has 0 bridgehead atoms. The lowest BCUT2D eigenvalue weighted by Crippen LogP contribution is -2.00. The summed E-state index contributed by atoms with van der Waals surface area (Å²) >= 11 is 0. The van der Waals surface area contributed by atoms with Crippen LogP contribution in [0.4, 0.5) is 5.82 Å². The van der Waals surface area contributed by atoms with Crippen LogP contribution in [0.25, 0.3) is 10.9 Å². The van der Waals surface area contributed by atoms with Gasteiger partial charge in [-0.2, -0.15) is 5.26 Å². The van der Waals surface area contributed by atoms with E-state index in [0.29, 0.717) is 12.2 Å². The summed E-state index contributed by atoms with van der Waals surface area (Å²) < 4.78 is 0. The van der Waals surface area contributed by atoms with Crippen molar-refractivity contribution in [2.45, 2.75) is 45.4 Å². The average Bonchev–Trinajstić information content (AvgIpc) is 2.46. The zero-order valence-corrected chi connectivity index (χ0v) is 12.0. The minimum absolute atomic E-state index is 0.536. The van der Waals surface area contributed by atoms with E-state index in [9.17, 15) is 0 Å². The molecule has 0 fully saturated rings. The van der Waals surface area contributed by atoms with Gasteiger partial charge in [0.25, 0.3) is 0 Å². The maximum atomic E-state index is 8.76. The topological polar surface area (TPSA) is 62.7 Å². The highest BCUT2D eigenvalue weighted by Crippen LogP contribution is 2.24. The van der Waals surface area contributed by atoms with Crippen molar-refractivity contribution in [1.29, 1.82) is 5.26 Å². The molecule has 0 amide bonds. The Morgan fingerprint density at radius 1 is 1.20 bits per heavy atom. The second kappa shape index (κ2) is 6.91. The number of hydrogen-bond donors (Lipinski definition) is 1. The van der Waals surface area contributed by atoms with E-state index in [1.54, 1.807) is 0 Å². The maximum absolute atomic E-state index is 8.76. The molecule has 0 saturated heterocycles. The van der Waals surface area contributed by atoms with Crippen molar-refractivity contribution in [3.05, 3.63) is 35.4 Å². The molecule has 0 radical (unpaired) electrons. The number of aromatic nitrogens is 1. The smallest absolute Gasteiger partial charge is 0.127 e. The van der Waals surface area contributed by atoms with E-state index in [-0.39, 0.29) is 0 Å². The molecule has 104 valence electrons. The first-order chi connectivity index (χ1) is 9.76. The predicted octanol–water partition coefficient (Wildman–Crippen LogP) is 4.01. The molecule has 3 heteroatoms. The van der Waals surface area contributed by atoms with E-state index in [2.05, 4.69) is 30.1 Å². The Kier molecular flexibility index (Phi) is 4.95. The SMILES string of the molecule is CCCCCc1cc2c(CCC#N)cccc2nc1N. The molecule has 2 N–H and O–H groups in total. The highest BCUT2D eigenvalue weighted by molar-refractivity contribution is 5.84. The number of anilines is 1. The lowest BCUT2D eigenvalue weighted by molar-refractivity contribution is 0.717.